The number of halogens is 2. The Bertz CT molecular complexity index is 1080. The maximum absolute atomic E-state index is 11.0. The van der Waals surface area contributed by atoms with Gasteiger partial charge in [0.15, 0.2) is 0 Å². The number of carbonyl (C=O) groups is 1. The second kappa shape index (κ2) is 11.2. The second-order valence-corrected chi connectivity index (χ2v) is 8.79. The van der Waals surface area contributed by atoms with Crippen molar-refractivity contribution in [2.45, 2.75) is 31.4 Å². The Labute approximate surface area is 219 Å². The largest absolute Gasteiger partial charge is 1.00 e. The number of carboxylic acids is 1. The van der Waals surface area contributed by atoms with Gasteiger partial charge in [-0.1, -0.05) is 65.7 Å². The van der Waals surface area contributed by atoms with Crippen LogP contribution in [0.5, 0.6) is 0 Å². The van der Waals surface area contributed by atoms with E-state index in [4.69, 9.17) is 23.2 Å². The third kappa shape index (κ3) is 6.15. The standard InChI is InChI=1S/C25H23Cl2NO3.Na/c26-21-10-20(11-22(27)13-21)24(29)14-28-23-8-7-16-3-6-18(9-19(16)12-23)15-1-4-17(5-2-15)25(30)31;/h1-6,9-11,13,23-24,28-29H,7-8,12,14H2,(H,30,31);/q;+1/p-1/t23-,24-;/m0./s1. The molecule has 0 spiro atoms. The summed E-state index contributed by atoms with van der Waals surface area (Å²) in [5.74, 6) is -1.17. The minimum Gasteiger partial charge on any atom is -0.545 e. The van der Waals surface area contributed by atoms with E-state index in [2.05, 4.69) is 23.5 Å². The summed E-state index contributed by atoms with van der Waals surface area (Å²) in [5, 5.41) is 26.0. The van der Waals surface area contributed by atoms with E-state index < -0.39 is 12.1 Å². The zero-order chi connectivity index (χ0) is 22.0. The van der Waals surface area contributed by atoms with Crippen LogP contribution in [0, 0.1) is 0 Å². The van der Waals surface area contributed by atoms with Crippen molar-refractivity contribution >= 4 is 29.2 Å². The first kappa shape index (κ1) is 25.3. The summed E-state index contributed by atoms with van der Waals surface area (Å²) < 4.78 is 0. The van der Waals surface area contributed by atoms with Gasteiger partial charge in [-0.15, -0.1) is 0 Å². The Morgan fingerprint density at radius 1 is 1.00 bits per heavy atom. The van der Waals surface area contributed by atoms with Crippen LogP contribution >= 0.6 is 23.2 Å². The number of carbonyl (C=O) groups excluding carboxylic acids is 1. The van der Waals surface area contributed by atoms with Crippen LogP contribution in [-0.2, 0) is 12.8 Å². The van der Waals surface area contributed by atoms with Crippen LogP contribution in [0.2, 0.25) is 10.0 Å². The van der Waals surface area contributed by atoms with Crippen molar-refractivity contribution in [3.05, 3.63) is 93.0 Å². The average Bonchev–Trinajstić information content (AvgIpc) is 2.76. The summed E-state index contributed by atoms with van der Waals surface area (Å²) >= 11 is 12.1. The van der Waals surface area contributed by atoms with Gasteiger partial charge >= 0.3 is 29.6 Å². The van der Waals surface area contributed by atoms with Gasteiger partial charge in [-0.25, -0.2) is 0 Å². The van der Waals surface area contributed by atoms with Gasteiger partial charge in [0.05, 0.1) is 12.1 Å². The summed E-state index contributed by atoms with van der Waals surface area (Å²) in [6.07, 6.45) is 2.14. The number of fused-ring (bicyclic) bond motifs is 1. The van der Waals surface area contributed by atoms with Gasteiger partial charge in [0.2, 0.25) is 0 Å². The Morgan fingerprint density at radius 2 is 1.66 bits per heavy atom. The molecule has 0 bridgehead atoms. The maximum atomic E-state index is 11.0. The molecule has 4 rings (SSSR count). The van der Waals surface area contributed by atoms with Crippen LogP contribution in [0.15, 0.2) is 60.7 Å². The van der Waals surface area contributed by atoms with Crippen molar-refractivity contribution in [2.75, 3.05) is 6.54 Å². The fraction of sp³-hybridized carbons (Fsp3) is 0.240. The second-order valence-electron chi connectivity index (χ2n) is 7.91. The maximum Gasteiger partial charge on any atom is 1.00 e. The molecule has 1 aliphatic carbocycles. The molecule has 2 N–H and O–H groups in total. The van der Waals surface area contributed by atoms with Gasteiger partial charge in [0.1, 0.15) is 0 Å². The Kier molecular flexibility index (Phi) is 8.82. The van der Waals surface area contributed by atoms with Crippen molar-refractivity contribution < 1.29 is 44.6 Å². The van der Waals surface area contributed by atoms with Crippen molar-refractivity contribution in [1.29, 1.82) is 0 Å². The van der Waals surface area contributed by atoms with Crippen molar-refractivity contribution in [2.24, 2.45) is 0 Å². The molecule has 0 fully saturated rings. The van der Waals surface area contributed by atoms with Crippen LogP contribution in [0.4, 0.5) is 0 Å². The number of hydrogen-bond acceptors (Lipinski definition) is 4. The molecule has 0 radical (unpaired) electrons. The van der Waals surface area contributed by atoms with Gasteiger partial charge in [-0.05, 0) is 70.8 Å². The smallest absolute Gasteiger partial charge is 0.545 e. The molecule has 7 heteroatoms. The first-order valence-electron chi connectivity index (χ1n) is 10.2. The van der Waals surface area contributed by atoms with Crippen molar-refractivity contribution in [3.8, 4) is 11.1 Å². The zero-order valence-corrected chi connectivity index (χ0v) is 21.3. The zero-order valence-electron chi connectivity index (χ0n) is 17.8. The molecule has 0 saturated carbocycles. The van der Waals surface area contributed by atoms with E-state index in [1.807, 2.05) is 0 Å². The minimum absolute atomic E-state index is 0. The molecule has 2 atom stereocenters. The predicted octanol–water partition coefficient (Wildman–Crippen LogP) is 1.21. The summed E-state index contributed by atoms with van der Waals surface area (Å²) in [6, 6.07) is 18.5. The average molecular weight is 478 g/mol. The quantitative estimate of drug-likeness (QED) is 0.523. The Morgan fingerprint density at radius 3 is 2.31 bits per heavy atom. The molecule has 1 aliphatic rings. The molecule has 0 heterocycles. The molecular weight excluding hydrogens is 456 g/mol. The summed E-state index contributed by atoms with van der Waals surface area (Å²) in [5.41, 5.74) is 5.49. The first-order chi connectivity index (χ1) is 14.9. The van der Waals surface area contributed by atoms with Gasteiger partial charge in [0, 0.05) is 22.6 Å². The van der Waals surface area contributed by atoms with Crippen LogP contribution in [0.25, 0.3) is 11.1 Å². The molecule has 3 aromatic rings. The van der Waals surface area contributed by atoms with E-state index in [-0.39, 0.29) is 41.2 Å². The molecule has 0 saturated heterocycles. The number of rotatable bonds is 6. The van der Waals surface area contributed by atoms with Crippen molar-refractivity contribution in [1.82, 2.24) is 5.32 Å². The van der Waals surface area contributed by atoms with Crippen LogP contribution in [0.3, 0.4) is 0 Å². The molecular formula is C25H22Cl2NNaO3. The molecule has 160 valence electrons. The molecule has 0 aromatic heterocycles. The number of nitrogens with one attached hydrogen (secondary N) is 1. The Hall–Kier alpha value is -1.37. The fourth-order valence-corrected chi connectivity index (χ4v) is 4.62. The number of aromatic carboxylic acids is 1. The predicted molar refractivity (Wildman–Crippen MR) is 121 cm³/mol. The van der Waals surface area contributed by atoms with Crippen molar-refractivity contribution in [3.63, 3.8) is 0 Å². The van der Waals surface area contributed by atoms with Gasteiger partial charge in [0.25, 0.3) is 0 Å². The third-order valence-electron chi connectivity index (χ3n) is 5.76. The summed E-state index contributed by atoms with van der Waals surface area (Å²) in [6.45, 7) is 0.418. The third-order valence-corrected chi connectivity index (χ3v) is 6.19. The monoisotopic (exact) mass is 477 g/mol. The van der Waals surface area contributed by atoms with E-state index in [0.717, 1.165) is 30.4 Å². The summed E-state index contributed by atoms with van der Waals surface area (Å²) in [7, 11) is 0. The topological polar surface area (TPSA) is 72.4 Å². The van der Waals surface area contributed by atoms with Gasteiger partial charge in [-0.3, -0.25) is 0 Å². The first-order valence-corrected chi connectivity index (χ1v) is 11.0. The van der Waals surface area contributed by atoms with Gasteiger partial charge < -0.3 is 20.3 Å². The fourth-order valence-electron chi connectivity index (χ4n) is 4.07. The Balaban J connectivity index is 0.00000289. The van der Waals surface area contributed by atoms with Crippen LogP contribution in [0.1, 0.15) is 39.6 Å². The number of aliphatic hydroxyl groups is 1. The number of aryl methyl sites for hydroxylation is 1. The number of benzene rings is 3. The molecule has 3 aromatic carbocycles. The number of aliphatic hydroxyl groups excluding tert-OH is 1. The van der Waals surface area contributed by atoms with E-state index in [1.54, 1.807) is 42.5 Å². The molecule has 0 unspecified atom stereocenters. The summed E-state index contributed by atoms with van der Waals surface area (Å²) in [4.78, 5) is 11.0. The molecule has 0 amide bonds. The van der Waals surface area contributed by atoms with Gasteiger partial charge in [-0.2, -0.15) is 0 Å². The van der Waals surface area contributed by atoms with Crippen LogP contribution < -0.4 is 40.0 Å². The minimum atomic E-state index is -1.17. The van der Waals surface area contributed by atoms with Crippen LogP contribution in [-0.4, -0.2) is 23.7 Å². The molecule has 4 nitrogen and oxygen atoms in total. The number of hydrogen-bond donors (Lipinski definition) is 2. The van der Waals surface area contributed by atoms with E-state index in [0.29, 0.717) is 22.2 Å². The van der Waals surface area contributed by atoms with E-state index in [1.165, 1.54) is 11.1 Å². The normalized spacial score (nSPS) is 16.0. The van der Waals surface area contributed by atoms with E-state index >= 15 is 0 Å². The SMILES string of the molecule is O=C([O-])c1ccc(-c2ccc3c(c2)C[C@@H](NC[C@H](O)c2cc(Cl)cc(Cl)c2)CC3)cc1.[Na+]. The molecule has 32 heavy (non-hydrogen) atoms. The number of carboxylic acid groups (broad SMARTS) is 1. The molecule has 0 aliphatic heterocycles. The van der Waals surface area contributed by atoms with E-state index in [9.17, 15) is 15.0 Å².